The molecular formula is C16H26N4O. The topological polar surface area (TPSA) is 39.7 Å². The van der Waals surface area contributed by atoms with Crippen molar-refractivity contribution < 1.29 is 4.79 Å². The van der Waals surface area contributed by atoms with E-state index in [-0.39, 0.29) is 5.91 Å². The van der Waals surface area contributed by atoms with E-state index in [1.165, 1.54) is 5.56 Å². The number of hydrogen-bond donors (Lipinski definition) is 0. The number of rotatable bonds is 6. The van der Waals surface area contributed by atoms with E-state index in [2.05, 4.69) is 21.7 Å². The number of hydrogen-bond acceptors (Lipinski definition) is 4. The Morgan fingerprint density at radius 3 is 2.43 bits per heavy atom. The van der Waals surface area contributed by atoms with Gasteiger partial charge in [-0.3, -0.25) is 14.7 Å². The molecule has 0 atom stereocenters. The van der Waals surface area contributed by atoms with Crippen molar-refractivity contribution >= 4 is 5.91 Å². The van der Waals surface area contributed by atoms with Crippen molar-refractivity contribution in [2.24, 2.45) is 0 Å². The molecule has 1 aromatic heterocycles. The molecule has 0 aliphatic carbocycles. The maximum atomic E-state index is 12.2. The molecule has 0 N–H and O–H groups in total. The van der Waals surface area contributed by atoms with Gasteiger partial charge in [0.25, 0.3) is 0 Å². The summed E-state index contributed by atoms with van der Waals surface area (Å²) in [6.07, 6.45) is 4.48. The molecule has 5 heteroatoms. The first-order valence-corrected chi connectivity index (χ1v) is 7.76. The van der Waals surface area contributed by atoms with Crippen LogP contribution in [0.15, 0.2) is 24.5 Å². The Balaban J connectivity index is 1.70. The van der Waals surface area contributed by atoms with Crippen molar-refractivity contribution in [1.29, 1.82) is 0 Å². The van der Waals surface area contributed by atoms with Crippen LogP contribution in [0.25, 0.3) is 0 Å². The fourth-order valence-corrected chi connectivity index (χ4v) is 2.55. The lowest BCUT2D eigenvalue weighted by molar-refractivity contribution is -0.131. The van der Waals surface area contributed by atoms with Crippen LogP contribution in [0.5, 0.6) is 0 Å². The molecule has 2 heterocycles. The number of carbonyl (C=O) groups excluding carboxylic acids is 1. The highest BCUT2D eigenvalue weighted by atomic mass is 16.2. The van der Waals surface area contributed by atoms with Crippen molar-refractivity contribution in [3.05, 3.63) is 30.1 Å². The smallest absolute Gasteiger partial charge is 0.236 e. The van der Waals surface area contributed by atoms with E-state index in [9.17, 15) is 4.79 Å². The minimum atomic E-state index is 0.217. The van der Waals surface area contributed by atoms with Gasteiger partial charge < -0.3 is 9.80 Å². The monoisotopic (exact) mass is 290 g/mol. The molecule has 0 bridgehead atoms. The number of pyridine rings is 1. The summed E-state index contributed by atoms with van der Waals surface area (Å²) in [6, 6.07) is 4.00. The first kappa shape index (κ1) is 15.9. The Labute approximate surface area is 127 Å². The van der Waals surface area contributed by atoms with Crippen molar-refractivity contribution in [2.75, 3.05) is 52.9 Å². The van der Waals surface area contributed by atoms with Crippen LogP contribution < -0.4 is 0 Å². The minimum Gasteiger partial charge on any atom is -0.344 e. The summed E-state index contributed by atoms with van der Waals surface area (Å²) in [5.41, 5.74) is 1.22. The molecule has 1 amide bonds. The molecule has 0 radical (unpaired) electrons. The van der Waals surface area contributed by atoms with Crippen LogP contribution in [-0.2, 0) is 11.2 Å². The number of amides is 1. The Hall–Kier alpha value is -1.46. The molecule has 0 aromatic carbocycles. The summed E-state index contributed by atoms with van der Waals surface area (Å²) >= 11 is 0. The highest BCUT2D eigenvalue weighted by Crippen LogP contribution is 2.03. The highest BCUT2D eigenvalue weighted by Gasteiger charge is 2.19. The maximum Gasteiger partial charge on any atom is 0.236 e. The SMILES string of the molecule is CCN1CCN(CC(=O)N(C)CCc2ccncc2)CC1. The Morgan fingerprint density at radius 2 is 1.81 bits per heavy atom. The second kappa shape index (κ2) is 8.10. The molecule has 1 aromatic rings. The Morgan fingerprint density at radius 1 is 1.19 bits per heavy atom. The zero-order chi connectivity index (χ0) is 15.1. The standard InChI is InChI=1S/C16H26N4O/c1-3-19-10-12-20(13-11-19)14-16(21)18(2)9-6-15-4-7-17-8-5-15/h4-5,7-8H,3,6,9-14H2,1-2H3. The van der Waals surface area contributed by atoms with Crippen LogP contribution in [0.3, 0.4) is 0 Å². The van der Waals surface area contributed by atoms with Crippen molar-refractivity contribution in [3.63, 3.8) is 0 Å². The van der Waals surface area contributed by atoms with Gasteiger partial charge in [0.1, 0.15) is 0 Å². The zero-order valence-electron chi connectivity index (χ0n) is 13.2. The summed E-state index contributed by atoms with van der Waals surface area (Å²) in [4.78, 5) is 22.8. The van der Waals surface area contributed by atoms with Gasteiger partial charge in [-0.15, -0.1) is 0 Å². The van der Waals surface area contributed by atoms with E-state index < -0.39 is 0 Å². The lowest BCUT2D eigenvalue weighted by Crippen LogP contribution is -2.49. The Kier molecular flexibility index (Phi) is 6.14. The Bertz CT molecular complexity index is 429. The van der Waals surface area contributed by atoms with Crippen molar-refractivity contribution in [1.82, 2.24) is 19.7 Å². The van der Waals surface area contributed by atoms with E-state index in [0.29, 0.717) is 6.54 Å². The second-order valence-corrected chi connectivity index (χ2v) is 5.63. The zero-order valence-corrected chi connectivity index (χ0v) is 13.2. The average Bonchev–Trinajstić information content (AvgIpc) is 2.54. The predicted molar refractivity (Wildman–Crippen MR) is 84.1 cm³/mol. The molecule has 0 saturated carbocycles. The molecule has 116 valence electrons. The molecule has 5 nitrogen and oxygen atoms in total. The summed E-state index contributed by atoms with van der Waals surface area (Å²) in [5, 5.41) is 0. The molecule has 1 fully saturated rings. The van der Waals surface area contributed by atoms with Crippen LogP contribution in [0.4, 0.5) is 0 Å². The fraction of sp³-hybridized carbons (Fsp3) is 0.625. The van der Waals surface area contributed by atoms with E-state index >= 15 is 0 Å². The maximum absolute atomic E-state index is 12.2. The van der Waals surface area contributed by atoms with Gasteiger partial charge in [-0.05, 0) is 30.7 Å². The van der Waals surface area contributed by atoms with Gasteiger partial charge in [0, 0.05) is 52.2 Å². The van der Waals surface area contributed by atoms with Crippen LogP contribution in [0.2, 0.25) is 0 Å². The number of likely N-dealkylation sites (N-methyl/N-ethyl adjacent to an activating group) is 2. The van der Waals surface area contributed by atoms with Gasteiger partial charge in [0.2, 0.25) is 5.91 Å². The third-order valence-electron chi connectivity index (χ3n) is 4.18. The second-order valence-electron chi connectivity index (χ2n) is 5.63. The van der Waals surface area contributed by atoms with E-state index in [0.717, 1.165) is 45.7 Å². The molecule has 2 rings (SSSR count). The van der Waals surface area contributed by atoms with Crippen LogP contribution in [0, 0.1) is 0 Å². The molecule has 0 unspecified atom stereocenters. The summed E-state index contributed by atoms with van der Waals surface area (Å²) in [7, 11) is 1.89. The predicted octanol–water partition coefficient (Wildman–Crippen LogP) is 0.720. The molecule has 1 aliphatic rings. The molecular weight excluding hydrogens is 264 g/mol. The third-order valence-corrected chi connectivity index (χ3v) is 4.18. The van der Waals surface area contributed by atoms with E-state index in [4.69, 9.17) is 0 Å². The highest BCUT2D eigenvalue weighted by molar-refractivity contribution is 5.78. The van der Waals surface area contributed by atoms with Gasteiger partial charge in [0.05, 0.1) is 6.54 Å². The van der Waals surface area contributed by atoms with Crippen LogP contribution in [-0.4, -0.2) is 78.5 Å². The van der Waals surface area contributed by atoms with E-state index in [1.807, 2.05) is 24.1 Å². The average molecular weight is 290 g/mol. The summed E-state index contributed by atoms with van der Waals surface area (Å²) < 4.78 is 0. The summed E-state index contributed by atoms with van der Waals surface area (Å²) in [5.74, 6) is 0.217. The lowest BCUT2D eigenvalue weighted by Gasteiger charge is -2.34. The van der Waals surface area contributed by atoms with Crippen LogP contribution >= 0.6 is 0 Å². The van der Waals surface area contributed by atoms with Crippen molar-refractivity contribution in [3.8, 4) is 0 Å². The molecule has 21 heavy (non-hydrogen) atoms. The van der Waals surface area contributed by atoms with Gasteiger partial charge >= 0.3 is 0 Å². The molecule has 1 aliphatic heterocycles. The van der Waals surface area contributed by atoms with Gasteiger partial charge in [-0.25, -0.2) is 0 Å². The normalized spacial score (nSPS) is 16.9. The van der Waals surface area contributed by atoms with Crippen molar-refractivity contribution in [2.45, 2.75) is 13.3 Å². The molecule has 0 spiro atoms. The third kappa shape index (κ3) is 5.10. The minimum absolute atomic E-state index is 0.217. The number of aromatic nitrogens is 1. The van der Waals surface area contributed by atoms with Gasteiger partial charge in [-0.1, -0.05) is 6.92 Å². The van der Waals surface area contributed by atoms with Crippen LogP contribution in [0.1, 0.15) is 12.5 Å². The summed E-state index contributed by atoms with van der Waals surface area (Å²) in [6.45, 7) is 8.74. The largest absolute Gasteiger partial charge is 0.344 e. The lowest BCUT2D eigenvalue weighted by atomic mass is 10.2. The number of piperazine rings is 1. The number of nitrogens with zero attached hydrogens (tertiary/aromatic N) is 4. The number of carbonyl (C=O) groups is 1. The quantitative estimate of drug-likeness (QED) is 0.774. The first-order chi connectivity index (χ1) is 10.2. The van der Waals surface area contributed by atoms with Gasteiger partial charge in [0.15, 0.2) is 0 Å². The fourth-order valence-electron chi connectivity index (χ4n) is 2.55. The van der Waals surface area contributed by atoms with E-state index in [1.54, 1.807) is 12.4 Å². The first-order valence-electron chi connectivity index (χ1n) is 7.76. The van der Waals surface area contributed by atoms with Gasteiger partial charge in [-0.2, -0.15) is 0 Å². The molecule has 1 saturated heterocycles.